The highest BCUT2D eigenvalue weighted by molar-refractivity contribution is 7.47. The van der Waals surface area contributed by atoms with E-state index in [1.165, 1.54) is 135 Å². The molecule has 10 heteroatoms. The Kier molecular flexibility index (Phi) is 41.9. The van der Waals surface area contributed by atoms with E-state index in [-0.39, 0.29) is 38.6 Å². The van der Waals surface area contributed by atoms with E-state index in [1.807, 2.05) is 0 Å². The highest BCUT2D eigenvalue weighted by atomic mass is 31.2. The van der Waals surface area contributed by atoms with Crippen LogP contribution in [-0.2, 0) is 32.7 Å². The van der Waals surface area contributed by atoms with Crippen LogP contribution in [-0.4, -0.2) is 49.3 Å². The van der Waals surface area contributed by atoms with Gasteiger partial charge in [-0.1, -0.05) is 173 Å². The number of carbonyl (C=O) groups excluding carboxylic acids is 2. The second-order valence-electron chi connectivity index (χ2n) is 15.6. The fraction of sp³-hybridized carbons (Fsp3) is 0.870. The minimum absolute atomic E-state index is 0.0526. The lowest BCUT2D eigenvalue weighted by Gasteiger charge is -2.19. The smallest absolute Gasteiger partial charge is 0.462 e. The lowest BCUT2D eigenvalue weighted by atomic mass is 10.1. The Morgan fingerprint density at radius 2 is 0.875 bits per heavy atom. The summed E-state index contributed by atoms with van der Waals surface area (Å²) in [7, 11) is -4.38. The molecular formula is C46H88NO8P. The summed E-state index contributed by atoms with van der Waals surface area (Å²) in [6, 6.07) is 0. The van der Waals surface area contributed by atoms with Crippen LogP contribution in [0.3, 0.4) is 0 Å². The van der Waals surface area contributed by atoms with Crippen LogP contribution in [0.4, 0.5) is 0 Å². The summed E-state index contributed by atoms with van der Waals surface area (Å²) in [5, 5.41) is 0. The van der Waals surface area contributed by atoms with Crippen LogP contribution in [0.15, 0.2) is 24.3 Å². The molecule has 9 nitrogen and oxygen atoms in total. The Morgan fingerprint density at radius 1 is 0.518 bits per heavy atom. The molecule has 0 bridgehead atoms. The normalized spacial score (nSPS) is 13.4. The van der Waals surface area contributed by atoms with E-state index in [9.17, 15) is 19.0 Å². The molecule has 330 valence electrons. The summed E-state index contributed by atoms with van der Waals surface area (Å²) >= 11 is 0. The molecule has 0 fully saturated rings. The van der Waals surface area contributed by atoms with Gasteiger partial charge in [-0.25, -0.2) is 4.57 Å². The fourth-order valence-electron chi connectivity index (χ4n) is 6.57. The van der Waals surface area contributed by atoms with Crippen molar-refractivity contribution in [3.63, 3.8) is 0 Å². The number of phosphoric ester groups is 1. The SMILES string of the molecule is CCCCCCCCC/C=C\CCCCCCCC(=O)O[C@H](COC(=O)CCCCCCCCC/C=C\CCCCCCCCCC)COP(=O)(O)OCCN. The quantitative estimate of drug-likeness (QED) is 0.0267. The molecule has 0 aromatic heterocycles. The molecule has 0 saturated carbocycles. The van der Waals surface area contributed by atoms with Crippen LogP contribution in [0.5, 0.6) is 0 Å². The average molecular weight is 814 g/mol. The first kappa shape index (κ1) is 54.5. The Labute approximate surface area is 344 Å². The summed E-state index contributed by atoms with van der Waals surface area (Å²) in [5.74, 6) is -0.836. The maximum atomic E-state index is 12.6. The largest absolute Gasteiger partial charge is 0.472 e. The molecule has 0 amide bonds. The Hall–Kier alpha value is -1.51. The lowest BCUT2D eigenvalue weighted by Crippen LogP contribution is -2.29. The molecule has 0 saturated heterocycles. The fourth-order valence-corrected chi connectivity index (χ4v) is 7.33. The zero-order valence-electron chi connectivity index (χ0n) is 36.4. The number of esters is 2. The van der Waals surface area contributed by atoms with Crippen molar-refractivity contribution < 1.29 is 37.6 Å². The van der Waals surface area contributed by atoms with Gasteiger partial charge in [-0.05, 0) is 64.2 Å². The molecule has 0 aromatic rings. The van der Waals surface area contributed by atoms with Crippen molar-refractivity contribution in [1.82, 2.24) is 0 Å². The van der Waals surface area contributed by atoms with E-state index in [0.717, 1.165) is 57.8 Å². The van der Waals surface area contributed by atoms with Crippen LogP contribution < -0.4 is 5.73 Å². The van der Waals surface area contributed by atoms with E-state index in [0.29, 0.717) is 6.42 Å². The van der Waals surface area contributed by atoms with Crippen LogP contribution in [0, 0.1) is 0 Å². The van der Waals surface area contributed by atoms with Crippen molar-refractivity contribution in [1.29, 1.82) is 0 Å². The highest BCUT2D eigenvalue weighted by Gasteiger charge is 2.26. The summed E-state index contributed by atoms with van der Waals surface area (Å²) in [6.07, 6.45) is 46.3. The van der Waals surface area contributed by atoms with Crippen molar-refractivity contribution in [3.05, 3.63) is 24.3 Å². The zero-order chi connectivity index (χ0) is 41.1. The Morgan fingerprint density at radius 3 is 1.27 bits per heavy atom. The molecule has 3 N–H and O–H groups in total. The number of nitrogens with two attached hydrogens (primary N) is 1. The zero-order valence-corrected chi connectivity index (χ0v) is 37.3. The molecule has 0 aliphatic rings. The second-order valence-corrected chi connectivity index (χ2v) is 17.1. The monoisotopic (exact) mass is 814 g/mol. The van der Waals surface area contributed by atoms with Crippen LogP contribution in [0.25, 0.3) is 0 Å². The molecule has 0 radical (unpaired) electrons. The molecule has 0 rings (SSSR count). The average Bonchev–Trinajstić information content (AvgIpc) is 3.18. The van der Waals surface area contributed by atoms with Gasteiger partial charge >= 0.3 is 19.8 Å². The van der Waals surface area contributed by atoms with Crippen molar-refractivity contribution in [3.8, 4) is 0 Å². The van der Waals surface area contributed by atoms with Crippen molar-refractivity contribution in [2.24, 2.45) is 5.73 Å². The molecular weight excluding hydrogens is 725 g/mol. The van der Waals surface area contributed by atoms with Gasteiger partial charge in [-0.15, -0.1) is 0 Å². The molecule has 1 unspecified atom stereocenters. The van der Waals surface area contributed by atoms with E-state index >= 15 is 0 Å². The van der Waals surface area contributed by atoms with Gasteiger partial charge in [-0.3, -0.25) is 18.6 Å². The third-order valence-electron chi connectivity index (χ3n) is 10.1. The van der Waals surface area contributed by atoms with Crippen molar-refractivity contribution in [2.75, 3.05) is 26.4 Å². The molecule has 0 heterocycles. The minimum atomic E-state index is -4.38. The van der Waals surface area contributed by atoms with Crippen LogP contribution in [0.1, 0.15) is 226 Å². The first-order valence-corrected chi connectivity index (χ1v) is 24.8. The summed E-state index contributed by atoms with van der Waals surface area (Å²) < 4.78 is 32.8. The van der Waals surface area contributed by atoms with Crippen LogP contribution >= 0.6 is 7.82 Å². The molecule has 0 aliphatic carbocycles. The number of hydrogen-bond acceptors (Lipinski definition) is 8. The number of ether oxygens (including phenoxy) is 2. The molecule has 0 aliphatic heterocycles. The number of carbonyl (C=O) groups is 2. The number of phosphoric acid groups is 1. The van der Waals surface area contributed by atoms with E-state index in [4.69, 9.17) is 24.3 Å². The number of allylic oxidation sites excluding steroid dienone is 4. The number of unbranched alkanes of at least 4 members (excludes halogenated alkanes) is 27. The Balaban J connectivity index is 4.10. The first-order valence-electron chi connectivity index (χ1n) is 23.3. The standard InChI is InChI=1S/C46H88NO8P/c1-3-5-7-9-11-13-15-17-19-21-22-23-25-26-28-30-32-34-36-38-45(48)52-42-44(43-54-56(50,51)53-41-40-47)55-46(49)39-37-35-33-31-29-27-24-20-18-16-14-12-10-8-6-4-2/h20-22,24,44H,3-19,23,25-43,47H2,1-2H3,(H,50,51)/b22-21-,24-20-/t44-/m1/s1. The van der Waals surface area contributed by atoms with Gasteiger partial charge in [-0.2, -0.15) is 0 Å². The molecule has 0 aromatic carbocycles. The van der Waals surface area contributed by atoms with Gasteiger partial charge in [0, 0.05) is 19.4 Å². The van der Waals surface area contributed by atoms with Crippen LogP contribution in [0.2, 0.25) is 0 Å². The van der Waals surface area contributed by atoms with Crippen molar-refractivity contribution >= 4 is 19.8 Å². The molecule has 2 atom stereocenters. The molecule has 56 heavy (non-hydrogen) atoms. The third kappa shape index (κ3) is 42.1. The van der Waals surface area contributed by atoms with Gasteiger partial charge in [0.15, 0.2) is 6.10 Å². The summed E-state index contributed by atoms with van der Waals surface area (Å²) in [6.45, 7) is 3.74. The molecule has 0 spiro atoms. The second kappa shape index (κ2) is 43.1. The van der Waals surface area contributed by atoms with E-state index in [1.54, 1.807) is 0 Å². The first-order chi connectivity index (χ1) is 27.3. The number of rotatable bonds is 44. The minimum Gasteiger partial charge on any atom is -0.462 e. The number of hydrogen-bond donors (Lipinski definition) is 2. The van der Waals surface area contributed by atoms with Crippen molar-refractivity contribution in [2.45, 2.75) is 232 Å². The third-order valence-corrected chi connectivity index (χ3v) is 11.0. The topological polar surface area (TPSA) is 134 Å². The van der Waals surface area contributed by atoms with Gasteiger partial charge < -0.3 is 20.1 Å². The van der Waals surface area contributed by atoms with Gasteiger partial charge in [0.05, 0.1) is 13.2 Å². The predicted octanol–water partition coefficient (Wildman–Crippen LogP) is 13.6. The summed E-state index contributed by atoms with van der Waals surface area (Å²) in [4.78, 5) is 34.9. The summed E-state index contributed by atoms with van der Waals surface area (Å²) in [5.41, 5.74) is 5.35. The van der Waals surface area contributed by atoms with Gasteiger partial charge in [0.25, 0.3) is 0 Å². The van der Waals surface area contributed by atoms with Gasteiger partial charge in [0.1, 0.15) is 6.61 Å². The lowest BCUT2D eigenvalue weighted by molar-refractivity contribution is -0.161. The highest BCUT2D eigenvalue weighted by Crippen LogP contribution is 2.43. The maximum absolute atomic E-state index is 12.6. The van der Waals surface area contributed by atoms with E-state index in [2.05, 4.69) is 38.2 Å². The van der Waals surface area contributed by atoms with E-state index < -0.39 is 26.5 Å². The maximum Gasteiger partial charge on any atom is 0.472 e. The Bertz CT molecular complexity index is 975. The van der Waals surface area contributed by atoms with Gasteiger partial charge in [0.2, 0.25) is 0 Å². The predicted molar refractivity (Wildman–Crippen MR) is 234 cm³/mol.